The van der Waals surface area contributed by atoms with Gasteiger partial charge in [0.25, 0.3) is 0 Å². The van der Waals surface area contributed by atoms with Gasteiger partial charge in [0, 0.05) is 19.7 Å². The van der Waals surface area contributed by atoms with Gasteiger partial charge in [0.15, 0.2) is 0 Å². The number of rotatable bonds is 6. The molecule has 0 aliphatic carbocycles. The second kappa shape index (κ2) is 6.44. The molecular weight excluding hydrogens is 230 g/mol. The largest absolute Gasteiger partial charge is 0.396 e. The molecule has 1 rings (SSSR count). The first kappa shape index (κ1) is 12.9. The molecule has 0 fully saturated rings. The van der Waals surface area contributed by atoms with Crippen molar-refractivity contribution >= 4 is 23.5 Å². The van der Waals surface area contributed by atoms with E-state index in [1.54, 1.807) is 7.05 Å². The molecule has 0 aromatic carbocycles. The number of anilines is 2. The highest BCUT2D eigenvalue weighted by atomic mass is 35.5. The molecule has 0 radical (unpaired) electrons. The second-order valence-corrected chi connectivity index (χ2v) is 3.60. The summed E-state index contributed by atoms with van der Waals surface area (Å²) in [6.45, 7) is 2.15. The van der Waals surface area contributed by atoms with E-state index in [1.807, 2.05) is 6.92 Å². The molecule has 7 heteroatoms. The van der Waals surface area contributed by atoms with E-state index in [0.29, 0.717) is 18.3 Å². The normalized spacial score (nSPS) is 12.2. The van der Waals surface area contributed by atoms with Gasteiger partial charge in [-0.15, -0.1) is 0 Å². The number of nitrogens with one attached hydrogen (secondary N) is 2. The zero-order valence-corrected chi connectivity index (χ0v) is 10.1. The average Bonchev–Trinajstić information content (AvgIpc) is 2.27. The summed E-state index contributed by atoms with van der Waals surface area (Å²) in [7, 11) is 1.71. The zero-order valence-electron chi connectivity index (χ0n) is 9.37. The summed E-state index contributed by atoms with van der Waals surface area (Å²) in [5, 5.41) is 14.9. The summed E-state index contributed by atoms with van der Waals surface area (Å²) in [5.41, 5.74) is 0. The van der Waals surface area contributed by atoms with E-state index in [2.05, 4.69) is 25.6 Å². The van der Waals surface area contributed by atoms with Crippen LogP contribution in [0, 0.1) is 0 Å². The van der Waals surface area contributed by atoms with Crippen molar-refractivity contribution < 1.29 is 5.11 Å². The third-order valence-electron chi connectivity index (χ3n) is 2.14. The van der Waals surface area contributed by atoms with Crippen LogP contribution in [-0.4, -0.2) is 39.8 Å². The molecule has 16 heavy (non-hydrogen) atoms. The van der Waals surface area contributed by atoms with Gasteiger partial charge < -0.3 is 15.7 Å². The number of halogens is 1. The van der Waals surface area contributed by atoms with Crippen LogP contribution in [0.1, 0.15) is 19.8 Å². The van der Waals surface area contributed by atoms with Crippen LogP contribution >= 0.6 is 11.6 Å². The van der Waals surface area contributed by atoms with Gasteiger partial charge >= 0.3 is 0 Å². The Labute approximate surface area is 99.5 Å². The van der Waals surface area contributed by atoms with Gasteiger partial charge in [-0.3, -0.25) is 0 Å². The molecule has 0 bridgehead atoms. The summed E-state index contributed by atoms with van der Waals surface area (Å²) in [6, 6.07) is 0.133. The Morgan fingerprint density at radius 1 is 1.31 bits per heavy atom. The van der Waals surface area contributed by atoms with Crippen LogP contribution in [0.5, 0.6) is 0 Å². The maximum Gasteiger partial charge on any atom is 0.229 e. The van der Waals surface area contributed by atoms with E-state index in [0.717, 1.165) is 6.42 Å². The van der Waals surface area contributed by atoms with Crippen molar-refractivity contribution in [1.29, 1.82) is 0 Å². The molecule has 1 aromatic rings. The molecule has 1 unspecified atom stereocenters. The predicted octanol–water partition coefficient (Wildman–Crippen LogP) is 1.14. The van der Waals surface area contributed by atoms with Crippen molar-refractivity contribution in [3.63, 3.8) is 0 Å². The van der Waals surface area contributed by atoms with Gasteiger partial charge in [-0.1, -0.05) is 6.92 Å². The van der Waals surface area contributed by atoms with Gasteiger partial charge in [0.1, 0.15) is 0 Å². The number of nitrogens with zero attached hydrogens (tertiary/aromatic N) is 3. The monoisotopic (exact) mass is 245 g/mol. The molecular formula is C9H16ClN5O. The highest BCUT2D eigenvalue weighted by molar-refractivity contribution is 6.28. The zero-order chi connectivity index (χ0) is 12.0. The fourth-order valence-electron chi connectivity index (χ4n) is 1.24. The number of hydrogen-bond acceptors (Lipinski definition) is 6. The lowest BCUT2D eigenvalue weighted by Gasteiger charge is -2.15. The van der Waals surface area contributed by atoms with Crippen LogP contribution in [0.15, 0.2) is 0 Å². The van der Waals surface area contributed by atoms with Gasteiger partial charge in [0.05, 0.1) is 0 Å². The Balaban J connectivity index is 2.74. The SMILES string of the molecule is CCC(CCO)Nc1nc(Cl)nc(NC)n1. The molecule has 0 saturated heterocycles. The molecule has 0 aliphatic rings. The Morgan fingerprint density at radius 2 is 2.00 bits per heavy atom. The number of aromatic nitrogens is 3. The summed E-state index contributed by atoms with van der Waals surface area (Å²) < 4.78 is 0. The lowest BCUT2D eigenvalue weighted by Crippen LogP contribution is -2.21. The highest BCUT2D eigenvalue weighted by Crippen LogP contribution is 2.11. The molecule has 0 amide bonds. The maximum absolute atomic E-state index is 8.87. The topological polar surface area (TPSA) is 83.0 Å². The summed E-state index contributed by atoms with van der Waals surface area (Å²) >= 11 is 5.74. The molecule has 0 aliphatic heterocycles. The second-order valence-electron chi connectivity index (χ2n) is 3.26. The van der Waals surface area contributed by atoms with Crippen LogP contribution in [0.2, 0.25) is 5.28 Å². The third kappa shape index (κ3) is 3.79. The van der Waals surface area contributed by atoms with Crippen LogP contribution in [0.3, 0.4) is 0 Å². The number of aliphatic hydroxyl groups is 1. The molecule has 90 valence electrons. The lowest BCUT2D eigenvalue weighted by atomic mass is 10.2. The van der Waals surface area contributed by atoms with E-state index in [-0.39, 0.29) is 17.9 Å². The predicted molar refractivity (Wildman–Crippen MR) is 63.8 cm³/mol. The molecule has 0 spiro atoms. The van der Waals surface area contributed by atoms with Gasteiger partial charge in [-0.25, -0.2) is 0 Å². The summed E-state index contributed by atoms with van der Waals surface area (Å²) in [6.07, 6.45) is 1.52. The van der Waals surface area contributed by atoms with Crippen molar-refractivity contribution in [2.45, 2.75) is 25.8 Å². The van der Waals surface area contributed by atoms with E-state index in [9.17, 15) is 0 Å². The average molecular weight is 246 g/mol. The third-order valence-corrected chi connectivity index (χ3v) is 2.30. The fraction of sp³-hybridized carbons (Fsp3) is 0.667. The highest BCUT2D eigenvalue weighted by Gasteiger charge is 2.09. The number of aliphatic hydroxyl groups excluding tert-OH is 1. The maximum atomic E-state index is 8.87. The first-order valence-corrected chi connectivity index (χ1v) is 5.54. The van der Waals surface area contributed by atoms with Gasteiger partial charge in [0.2, 0.25) is 17.2 Å². The van der Waals surface area contributed by atoms with Crippen molar-refractivity contribution in [3.8, 4) is 0 Å². The summed E-state index contributed by atoms with van der Waals surface area (Å²) in [5.74, 6) is 0.839. The molecule has 1 atom stereocenters. The molecule has 6 nitrogen and oxygen atoms in total. The first-order chi connectivity index (χ1) is 7.69. The molecule has 1 heterocycles. The summed E-state index contributed by atoms with van der Waals surface area (Å²) in [4.78, 5) is 11.9. The Hall–Kier alpha value is -1.14. The lowest BCUT2D eigenvalue weighted by molar-refractivity contribution is 0.278. The van der Waals surface area contributed by atoms with Crippen LogP contribution in [0.4, 0.5) is 11.9 Å². The Bertz CT molecular complexity index is 336. The van der Waals surface area contributed by atoms with Gasteiger partial charge in [-0.2, -0.15) is 15.0 Å². The minimum Gasteiger partial charge on any atom is -0.396 e. The van der Waals surface area contributed by atoms with E-state index in [1.165, 1.54) is 0 Å². The minimum absolute atomic E-state index is 0.128. The van der Waals surface area contributed by atoms with Crippen molar-refractivity contribution in [2.24, 2.45) is 0 Å². The van der Waals surface area contributed by atoms with Crippen molar-refractivity contribution in [1.82, 2.24) is 15.0 Å². The Morgan fingerprint density at radius 3 is 2.56 bits per heavy atom. The quantitative estimate of drug-likeness (QED) is 0.697. The van der Waals surface area contributed by atoms with E-state index in [4.69, 9.17) is 16.7 Å². The standard InChI is InChI=1S/C9H16ClN5O/c1-3-6(4-5-16)12-9-14-7(10)13-8(11-2)15-9/h6,16H,3-5H2,1-2H3,(H2,11,12,13,14,15). The van der Waals surface area contributed by atoms with Crippen LogP contribution in [0.25, 0.3) is 0 Å². The van der Waals surface area contributed by atoms with Crippen molar-refractivity contribution in [2.75, 3.05) is 24.3 Å². The smallest absolute Gasteiger partial charge is 0.229 e. The van der Waals surface area contributed by atoms with E-state index < -0.39 is 0 Å². The van der Waals surface area contributed by atoms with Crippen LogP contribution in [-0.2, 0) is 0 Å². The van der Waals surface area contributed by atoms with Crippen LogP contribution < -0.4 is 10.6 Å². The number of hydrogen-bond donors (Lipinski definition) is 3. The van der Waals surface area contributed by atoms with Crippen molar-refractivity contribution in [3.05, 3.63) is 5.28 Å². The van der Waals surface area contributed by atoms with E-state index >= 15 is 0 Å². The van der Waals surface area contributed by atoms with Gasteiger partial charge in [-0.05, 0) is 24.4 Å². The molecule has 3 N–H and O–H groups in total. The molecule has 1 aromatic heterocycles. The first-order valence-electron chi connectivity index (χ1n) is 5.16. The Kier molecular flexibility index (Phi) is 5.21. The minimum atomic E-state index is 0.128. The molecule has 0 saturated carbocycles. The fourth-order valence-corrected chi connectivity index (χ4v) is 1.40.